The van der Waals surface area contributed by atoms with Crippen LogP contribution in [-0.4, -0.2) is 27.6 Å². The van der Waals surface area contributed by atoms with Gasteiger partial charge in [0, 0.05) is 17.8 Å². The molecule has 0 saturated heterocycles. The molecule has 2 aromatic heterocycles. The molecule has 0 amide bonds. The first-order valence-electron chi connectivity index (χ1n) is 8.54. The number of ether oxygens (including phenoxy) is 2. The minimum Gasteiger partial charge on any atom is -0.454 e. The monoisotopic (exact) mass is 499 g/mol. The summed E-state index contributed by atoms with van der Waals surface area (Å²) in [7, 11) is 0. The van der Waals surface area contributed by atoms with Gasteiger partial charge in [0.25, 0.3) is 5.56 Å². The SMILES string of the molecule is CSc1nc(-c2ccc(=O)n(Cc3ccc4c(c3Br)OCO4)c2)cc(C(F)(F)F)n1. The summed E-state index contributed by atoms with van der Waals surface area (Å²) in [6.07, 6.45) is -1.53. The summed E-state index contributed by atoms with van der Waals surface area (Å²) >= 11 is 4.47. The predicted molar refractivity (Wildman–Crippen MR) is 108 cm³/mol. The number of hydrogen-bond acceptors (Lipinski definition) is 6. The summed E-state index contributed by atoms with van der Waals surface area (Å²) in [6, 6.07) is 7.14. The van der Waals surface area contributed by atoms with E-state index in [1.54, 1.807) is 18.4 Å². The van der Waals surface area contributed by atoms with E-state index in [4.69, 9.17) is 9.47 Å². The molecular formula is C19H13BrF3N3O3S. The van der Waals surface area contributed by atoms with Crippen LogP contribution in [-0.2, 0) is 12.7 Å². The van der Waals surface area contributed by atoms with Crippen molar-refractivity contribution in [2.45, 2.75) is 17.9 Å². The average molecular weight is 500 g/mol. The Morgan fingerprint density at radius 1 is 1.20 bits per heavy atom. The molecule has 0 bridgehead atoms. The van der Waals surface area contributed by atoms with Crippen LogP contribution in [0.3, 0.4) is 0 Å². The van der Waals surface area contributed by atoms with Crippen molar-refractivity contribution in [3.8, 4) is 22.8 Å². The number of alkyl halides is 3. The highest BCUT2D eigenvalue weighted by molar-refractivity contribution is 9.10. The lowest BCUT2D eigenvalue weighted by molar-refractivity contribution is -0.141. The zero-order valence-electron chi connectivity index (χ0n) is 15.4. The van der Waals surface area contributed by atoms with Gasteiger partial charge in [0.1, 0.15) is 5.69 Å². The van der Waals surface area contributed by atoms with Crippen molar-refractivity contribution >= 4 is 27.7 Å². The first kappa shape index (κ1) is 20.7. The molecule has 0 N–H and O–H groups in total. The van der Waals surface area contributed by atoms with Gasteiger partial charge in [0.15, 0.2) is 16.7 Å². The molecule has 11 heteroatoms. The van der Waals surface area contributed by atoms with Gasteiger partial charge in [0.05, 0.1) is 16.7 Å². The van der Waals surface area contributed by atoms with Gasteiger partial charge in [-0.05, 0) is 45.9 Å². The van der Waals surface area contributed by atoms with E-state index in [0.29, 0.717) is 21.5 Å². The van der Waals surface area contributed by atoms with Crippen LogP contribution in [0.4, 0.5) is 13.2 Å². The molecule has 0 unspecified atom stereocenters. The lowest BCUT2D eigenvalue weighted by atomic mass is 10.1. The van der Waals surface area contributed by atoms with E-state index in [-0.39, 0.29) is 29.7 Å². The Morgan fingerprint density at radius 2 is 2.00 bits per heavy atom. The third kappa shape index (κ3) is 4.04. The van der Waals surface area contributed by atoms with Crippen LogP contribution in [0.1, 0.15) is 11.3 Å². The Kier molecular flexibility index (Phi) is 5.49. The molecule has 30 heavy (non-hydrogen) atoms. The lowest BCUT2D eigenvalue weighted by Crippen LogP contribution is -2.19. The highest BCUT2D eigenvalue weighted by Crippen LogP contribution is 2.41. The number of rotatable bonds is 4. The summed E-state index contributed by atoms with van der Waals surface area (Å²) in [5, 5.41) is -0.00362. The predicted octanol–water partition coefficient (Wildman–Crippen LogP) is 4.59. The maximum Gasteiger partial charge on any atom is 0.433 e. The van der Waals surface area contributed by atoms with Gasteiger partial charge >= 0.3 is 6.18 Å². The van der Waals surface area contributed by atoms with Crippen LogP contribution in [0.5, 0.6) is 11.5 Å². The zero-order chi connectivity index (χ0) is 21.5. The molecule has 0 spiro atoms. The van der Waals surface area contributed by atoms with E-state index in [0.717, 1.165) is 23.4 Å². The number of aromatic nitrogens is 3. The van der Waals surface area contributed by atoms with Gasteiger partial charge in [-0.25, -0.2) is 9.97 Å². The number of pyridine rings is 1. The van der Waals surface area contributed by atoms with E-state index in [1.807, 2.05) is 0 Å². The zero-order valence-corrected chi connectivity index (χ0v) is 17.8. The second kappa shape index (κ2) is 7.95. The molecule has 3 heterocycles. The molecule has 0 aliphatic carbocycles. The van der Waals surface area contributed by atoms with Crippen LogP contribution in [0, 0.1) is 0 Å². The largest absolute Gasteiger partial charge is 0.454 e. The first-order valence-corrected chi connectivity index (χ1v) is 10.6. The van der Waals surface area contributed by atoms with Crippen molar-refractivity contribution in [2.24, 2.45) is 0 Å². The molecule has 156 valence electrons. The third-order valence-electron chi connectivity index (χ3n) is 4.36. The number of thioether (sulfide) groups is 1. The van der Waals surface area contributed by atoms with E-state index < -0.39 is 11.9 Å². The van der Waals surface area contributed by atoms with Crippen LogP contribution in [0.15, 0.2) is 51.0 Å². The molecule has 1 aliphatic heterocycles. The quantitative estimate of drug-likeness (QED) is 0.386. The van der Waals surface area contributed by atoms with Crippen LogP contribution in [0.2, 0.25) is 0 Å². The molecule has 0 atom stereocenters. The van der Waals surface area contributed by atoms with Crippen LogP contribution < -0.4 is 15.0 Å². The summed E-state index contributed by atoms with van der Waals surface area (Å²) < 4.78 is 52.4. The normalized spacial score (nSPS) is 13.0. The maximum atomic E-state index is 13.2. The minimum absolute atomic E-state index is 0.00362. The number of halogens is 4. The van der Waals surface area contributed by atoms with Crippen molar-refractivity contribution in [3.63, 3.8) is 0 Å². The van der Waals surface area contributed by atoms with Gasteiger partial charge in [-0.15, -0.1) is 0 Å². The molecule has 0 fully saturated rings. The molecule has 0 radical (unpaired) electrons. The number of nitrogens with zero attached hydrogens (tertiary/aromatic N) is 3. The second-order valence-electron chi connectivity index (χ2n) is 6.28. The molecule has 1 aromatic carbocycles. The third-order valence-corrected chi connectivity index (χ3v) is 5.77. The first-order chi connectivity index (χ1) is 14.3. The Balaban J connectivity index is 1.74. The van der Waals surface area contributed by atoms with E-state index in [1.165, 1.54) is 22.9 Å². The lowest BCUT2D eigenvalue weighted by Gasteiger charge is -2.12. The number of hydrogen-bond donors (Lipinski definition) is 0. The Bertz CT molecular complexity index is 1180. The highest BCUT2D eigenvalue weighted by Gasteiger charge is 2.33. The number of fused-ring (bicyclic) bond motifs is 1. The molecular weight excluding hydrogens is 487 g/mol. The smallest absolute Gasteiger partial charge is 0.433 e. The molecule has 0 saturated carbocycles. The Labute approximate surface area is 181 Å². The van der Waals surface area contributed by atoms with E-state index >= 15 is 0 Å². The van der Waals surface area contributed by atoms with Crippen molar-refractivity contribution in [1.29, 1.82) is 0 Å². The van der Waals surface area contributed by atoms with Crippen LogP contribution >= 0.6 is 27.7 Å². The summed E-state index contributed by atoms with van der Waals surface area (Å²) in [5.74, 6) is 1.14. The van der Waals surface area contributed by atoms with Gasteiger partial charge in [-0.2, -0.15) is 13.2 Å². The number of benzene rings is 1. The Morgan fingerprint density at radius 3 is 2.73 bits per heavy atom. The fourth-order valence-electron chi connectivity index (χ4n) is 2.90. The molecule has 3 aromatic rings. The second-order valence-corrected chi connectivity index (χ2v) is 7.85. The van der Waals surface area contributed by atoms with E-state index in [2.05, 4.69) is 25.9 Å². The minimum atomic E-state index is -4.60. The van der Waals surface area contributed by atoms with Crippen molar-refractivity contribution in [1.82, 2.24) is 14.5 Å². The average Bonchev–Trinajstić information content (AvgIpc) is 3.20. The van der Waals surface area contributed by atoms with E-state index in [9.17, 15) is 18.0 Å². The standard InChI is InChI=1S/C19H13BrF3N3O3S/c1-30-18-24-12(6-14(25-18)19(21,22)23)10-3-5-15(27)26(7-10)8-11-2-4-13-17(16(11)20)29-9-28-13/h2-7H,8-9H2,1H3. The van der Waals surface area contributed by atoms with Gasteiger partial charge in [-0.3, -0.25) is 4.79 Å². The molecule has 4 rings (SSSR count). The summed E-state index contributed by atoms with van der Waals surface area (Å²) in [5.41, 5.74) is -0.136. The van der Waals surface area contributed by atoms with Crippen LogP contribution in [0.25, 0.3) is 11.3 Å². The molecule has 1 aliphatic rings. The summed E-state index contributed by atoms with van der Waals surface area (Å²) in [6.45, 7) is 0.288. The fraction of sp³-hybridized carbons (Fsp3) is 0.211. The maximum absolute atomic E-state index is 13.2. The van der Waals surface area contributed by atoms with Crippen molar-refractivity contribution in [3.05, 3.63) is 62.6 Å². The Hall–Kier alpha value is -2.53. The highest BCUT2D eigenvalue weighted by atomic mass is 79.9. The van der Waals surface area contributed by atoms with Gasteiger partial charge < -0.3 is 14.0 Å². The van der Waals surface area contributed by atoms with Crippen molar-refractivity contribution < 1.29 is 22.6 Å². The van der Waals surface area contributed by atoms with Crippen molar-refractivity contribution in [2.75, 3.05) is 13.0 Å². The molecule has 6 nitrogen and oxygen atoms in total. The van der Waals surface area contributed by atoms with Gasteiger partial charge in [0.2, 0.25) is 6.79 Å². The fourth-order valence-corrected chi connectivity index (χ4v) is 3.85. The van der Waals surface area contributed by atoms with Gasteiger partial charge in [-0.1, -0.05) is 17.8 Å². The summed E-state index contributed by atoms with van der Waals surface area (Å²) in [4.78, 5) is 20.1. The topological polar surface area (TPSA) is 66.2 Å².